The smallest absolute Gasteiger partial charge is 0.289 e. The molecule has 1 aliphatic carbocycles. The van der Waals surface area contributed by atoms with Crippen molar-refractivity contribution in [2.75, 3.05) is 13.1 Å². The summed E-state index contributed by atoms with van der Waals surface area (Å²) in [5.74, 6) is 3.44. The van der Waals surface area contributed by atoms with Crippen molar-refractivity contribution in [3.63, 3.8) is 0 Å². The quantitative estimate of drug-likeness (QED) is 0.564. The topological polar surface area (TPSA) is 108 Å². The van der Waals surface area contributed by atoms with Crippen LogP contribution in [-0.2, 0) is 17.8 Å². The minimum absolute atomic E-state index is 0.0642. The Morgan fingerprint density at radius 3 is 2.84 bits per heavy atom. The fourth-order valence-electron chi connectivity index (χ4n) is 3.95. The minimum Gasteiger partial charge on any atom is -0.456 e. The van der Waals surface area contributed by atoms with E-state index in [9.17, 15) is 4.79 Å². The molecule has 1 unspecified atom stereocenters. The third-order valence-electron chi connectivity index (χ3n) is 5.94. The number of piperidine rings is 1. The lowest BCUT2D eigenvalue weighted by molar-refractivity contribution is -0.0160. The maximum absolute atomic E-state index is 13.0. The molecular weight excluding hydrogens is 400 g/mol. The summed E-state index contributed by atoms with van der Waals surface area (Å²) in [6.45, 7) is 5.25. The first kappa shape index (κ1) is 20.0. The van der Waals surface area contributed by atoms with Crippen molar-refractivity contribution in [3.8, 4) is 0 Å². The minimum atomic E-state index is -0.118. The van der Waals surface area contributed by atoms with Gasteiger partial charge < -0.3 is 23.1 Å². The van der Waals surface area contributed by atoms with Gasteiger partial charge in [-0.1, -0.05) is 10.3 Å². The Labute approximate surface area is 179 Å². The number of aryl methyl sites for hydroxylation is 2. The molecule has 0 aromatic carbocycles. The van der Waals surface area contributed by atoms with E-state index in [1.54, 1.807) is 11.0 Å². The molecule has 5 rings (SSSR count). The van der Waals surface area contributed by atoms with Crippen molar-refractivity contribution in [2.45, 2.75) is 64.6 Å². The zero-order valence-corrected chi connectivity index (χ0v) is 17.8. The Bertz CT molecular complexity index is 1040. The van der Waals surface area contributed by atoms with Gasteiger partial charge in [0.1, 0.15) is 18.1 Å². The molecule has 31 heavy (non-hydrogen) atoms. The van der Waals surface area contributed by atoms with E-state index in [2.05, 4.69) is 15.3 Å². The second-order valence-electron chi connectivity index (χ2n) is 8.39. The van der Waals surface area contributed by atoms with Gasteiger partial charge in [0.05, 0.1) is 11.8 Å². The second-order valence-corrected chi connectivity index (χ2v) is 8.39. The number of likely N-dealkylation sites (tertiary alicyclic amines) is 1. The highest BCUT2D eigenvalue weighted by atomic mass is 16.5. The van der Waals surface area contributed by atoms with Crippen LogP contribution in [0.4, 0.5) is 0 Å². The molecular formula is C22H26N4O5. The first-order valence-corrected chi connectivity index (χ1v) is 10.8. The summed E-state index contributed by atoms with van der Waals surface area (Å²) in [7, 11) is 0. The van der Waals surface area contributed by atoms with Crippen LogP contribution in [0.25, 0.3) is 0 Å². The molecule has 1 atom stereocenters. The molecule has 2 fully saturated rings. The van der Waals surface area contributed by atoms with Crippen molar-refractivity contribution in [1.29, 1.82) is 0 Å². The third-order valence-corrected chi connectivity index (χ3v) is 5.94. The van der Waals surface area contributed by atoms with Gasteiger partial charge in [-0.05, 0) is 51.7 Å². The van der Waals surface area contributed by atoms with Crippen LogP contribution >= 0.6 is 0 Å². The van der Waals surface area contributed by atoms with Crippen LogP contribution in [0.3, 0.4) is 0 Å². The zero-order valence-electron chi connectivity index (χ0n) is 17.8. The number of rotatable bonds is 7. The normalized spacial score (nSPS) is 19.2. The Hall–Kier alpha value is -2.94. The molecule has 1 saturated carbocycles. The van der Waals surface area contributed by atoms with Gasteiger partial charge in [-0.25, -0.2) is 0 Å². The van der Waals surface area contributed by atoms with E-state index < -0.39 is 0 Å². The zero-order chi connectivity index (χ0) is 21.4. The highest BCUT2D eigenvalue weighted by molar-refractivity contribution is 5.91. The highest BCUT2D eigenvalue weighted by Gasteiger charge is 2.30. The maximum atomic E-state index is 13.0. The van der Waals surface area contributed by atoms with E-state index in [0.29, 0.717) is 42.8 Å². The van der Waals surface area contributed by atoms with E-state index in [-0.39, 0.29) is 18.6 Å². The van der Waals surface area contributed by atoms with E-state index >= 15 is 0 Å². The molecule has 3 aromatic heterocycles. The first-order valence-electron chi connectivity index (χ1n) is 10.8. The van der Waals surface area contributed by atoms with Gasteiger partial charge in [0.15, 0.2) is 11.6 Å². The first-order chi connectivity index (χ1) is 15.1. The monoisotopic (exact) mass is 426 g/mol. The average molecular weight is 426 g/mol. The van der Waals surface area contributed by atoms with Crippen LogP contribution in [0.2, 0.25) is 0 Å². The molecule has 164 valence electrons. The Morgan fingerprint density at radius 1 is 1.19 bits per heavy atom. The number of carbonyl (C=O) groups is 1. The summed E-state index contributed by atoms with van der Waals surface area (Å²) in [6, 6.07) is 3.57. The fourth-order valence-corrected chi connectivity index (χ4v) is 3.95. The number of hydrogen-bond acceptors (Lipinski definition) is 8. The average Bonchev–Trinajstić information content (AvgIpc) is 3.20. The molecule has 4 heterocycles. The van der Waals surface area contributed by atoms with Gasteiger partial charge in [-0.15, -0.1) is 0 Å². The molecule has 3 aromatic rings. The van der Waals surface area contributed by atoms with E-state index in [4.69, 9.17) is 18.2 Å². The Balaban J connectivity index is 1.17. The molecule has 2 aliphatic rings. The van der Waals surface area contributed by atoms with Gasteiger partial charge in [0.25, 0.3) is 11.8 Å². The predicted molar refractivity (Wildman–Crippen MR) is 107 cm³/mol. The number of nitrogens with zero attached hydrogens (tertiary/aromatic N) is 4. The molecule has 9 nitrogen and oxygen atoms in total. The summed E-state index contributed by atoms with van der Waals surface area (Å²) in [4.78, 5) is 19.1. The van der Waals surface area contributed by atoms with E-state index in [1.165, 1.54) is 0 Å². The van der Waals surface area contributed by atoms with E-state index in [1.807, 2.05) is 19.9 Å². The summed E-state index contributed by atoms with van der Waals surface area (Å²) >= 11 is 0. The van der Waals surface area contributed by atoms with Gasteiger partial charge in [0.2, 0.25) is 0 Å². The molecule has 0 bridgehead atoms. The SMILES string of the molecule is Cc1noc(C)c1Cc1ccc(C(=O)N2CCCC(OCc3nc(C4CC4)no3)C2)o1. The predicted octanol–water partition coefficient (Wildman–Crippen LogP) is 3.56. The maximum Gasteiger partial charge on any atom is 0.289 e. The van der Waals surface area contributed by atoms with Gasteiger partial charge in [-0.3, -0.25) is 4.79 Å². The highest BCUT2D eigenvalue weighted by Crippen LogP contribution is 2.38. The summed E-state index contributed by atoms with van der Waals surface area (Å²) in [5, 5.41) is 7.98. The largest absolute Gasteiger partial charge is 0.456 e. The van der Waals surface area contributed by atoms with Crippen LogP contribution in [0.5, 0.6) is 0 Å². The van der Waals surface area contributed by atoms with Crippen LogP contribution in [0, 0.1) is 13.8 Å². The summed E-state index contributed by atoms with van der Waals surface area (Å²) in [6.07, 6.45) is 4.51. The van der Waals surface area contributed by atoms with Gasteiger partial charge in [0, 0.05) is 31.0 Å². The van der Waals surface area contributed by atoms with Crippen LogP contribution in [0.15, 0.2) is 25.6 Å². The lowest BCUT2D eigenvalue weighted by Crippen LogP contribution is -2.43. The lowest BCUT2D eigenvalue weighted by Gasteiger charge is -2.31. The molecule has 1 amide bonds. The molecule has 1 aliphatic heterocycles. The van der Waals surface area contributed by atoms with Crippen molar-refractivity contribution < 1.29 is 23.0 Å². The van der Waals surface area contributed by atoms with Gasteiger partial charge in [-0.2, -0.15) is 4.98 Å². The van der Waals surface area contributed by atoms with Crippen molar-refractivity contribution in [3.05, 3.63) is 52.4 Å². The number of carbonyl (C=O) groups excluding carboxylic acids is 1. The summed E-state index contributed by atoms with van der Waals surface area (Å²) in [5.41, 5.74) is 1.83. The van der Waals surface area contributed by atoms with E-state index in [0.717, 1.165) is 48.5 Å². The molecule has 0 radical (unpaired) electrons. The molecule has 0 N–H and O–H groups in total. The molecule has 9 heteroatoms. The fraction of sp³-hybridized carbons (Fsp3) is 0.545. The van der Waals surface area contributed by atoms with Crippen LogP contribution in [-0.4, -0.2) is 45.3 Å². The second kappa shape index (κ2) is 8.30. The van der Waals surface area contributed by atoms with Crippen molar-refractivity contribution >= 4 is 5.91 Å². The number of ether oxygens (including phenoxy) is 1. The van der Waals surface area contributed by atoms with Crippen LogP contribution in [0.1, 0.15) is 76.6 Å². The lowest BCUT2D eigenvalue weighted by atomic mass is 10.1. The molecule has 0 spiro atoms. The molecule has 1 saturated heterocycles. The Morgan fingerprint density at radius 2 is 2.06 bits per heavy atom. The van der Waals surface area contributed by atoms with Gasteiger partial charge >= 0.3 is 0 Å². The third kappa shape index (κ3) is 4.41. The van der Waals surface area contributed by atoms with Crippen LogP contribution < -0.4 is 0 Å². The number of furan rings is 1. The standard InChI is InChI=1S/C22H26N4O5/c1-13-18(14(2)30-24-13)10-16-7-8-19(29-16)22(27)26-9-3-4-17(11-26)28-12-20-23-21(25-31-20)15-5-6-15/h7-8,15,17H,3-6,9-12H2,1-2H3. The number of aromatic nitrogens is 3. The summed E-state index contributed by atoms with van der Waals surface area (Å²) < 4.78 is 22.3. The number of hydrogen-bond donors (Lipinski definition) is 0. The van der Waals surface area contributed by atoms with Crippen molar-refractivity contribution in [1.82, 2.24) is 20.2 Å². The Kier molecular flexibility index (Phi) is 5.35. The van der Waals surface area contributed by atoms with Crippen molar-refractivity contribution in [2.24, 2.45) is 0 Å². The number of amides is 1.